The van der Waals surface area contributed by atoms with Crippen LogP contribution in [0.5, 0.6) is 5.75 Å². The van der Waals surface area contributed by atoms with Crippen LogP contribution in [-0.4, -0.2) is 46.3 Å². The van der Waals surface area contributed by atoms with E-state index in [-0.39, 0.29) is 17.6 Å². The van der Waals surface area contributed by atoms with Gasteiger partial charge in [0.15, 0.2) is 5.69 Å². The minimum Gasteiger partial charge on any atom is -0.497 e. The molecule has 0 saturated heterocycles. The fraction of sp³-hybridized carbons (Fsp3) is 0.286. The number of aromatic nitrogens is 2. The van der Waals surface area contributed by atoms with E-state index in [1.807, 2.05) is 44.2 Å². The third kappa shape index (κ3) is 3.83. The SMILES string of the molecule is CCN(CC)C(=O)c1nc(C(=O)NCc2ccc(OC)cc2)n2ccccc12. The Hall–Kier alpha value is -3.35. The van der Waals surface area contributed by atoms with Crippen LogP contribution in [0.3, 0.4) is 0 Å². The zero-order chi connectivity index (χ0) is 20.1. The van der Waals surface area contributed by atoms with Gasteiger partial charge in [-0.2, -0.15) is 0 Å². The molecule has 0 aliphatic rings. The lowest BCUT2D eigenvalue weighted by atomic mass is 10.2. The highest BCUT2D eigenvalue weighted by Crippen LogP contribution is 2.16. The molecule has 0 radical (unpaired) electrons. The number of carbonyl (C=O) groups is 2. The number of ether oxygens (including phenoxy) is 1. The number of carbonyl (C=O) groups excluding carboxylic acids is 2. The van der Waals surface area contributed by atoms with Gasteiger partial charge in [-0.3, -0.25) is 14.0 Å². The lowest BCUT2D eigenvalue weighted by molar-refractivity contribution is 0.0769. The molecule has 0 bridgehead atoms. The first kappa shape index (κ1) is 19.4. The van der Waals surface area contributed by atoms with Gasteiger partial charge >= 0.3 is 0 Å². The summed E-state index contributed by atoms with van der Waals surface area (Å²) in [5.74, 6) is 0.437. The fourth-order valence-corrected chi connectivity index (χ4v) is 3.02. The third-order valence-electron chi connectivity index (χ3n) is 4.62. The Kier molecular flexibility index (Phi) is 5.93. The molecule has 0 fully saturated rings. The molecule has 1 N–H and O–H groups in total. The zero-order valence-corrected chi connectivity index (χ0v) is 16.3. The van der Waals surface area contributed by atoms with Crippen molar-refractivity contribution in [3.63, 3.8) is 0 Å². The lowest BCUT2D eigenvalue weighted by Gasteiger charge is -2.17. The summed E-state index contributed by atoms with van der Waals surface area (Å²) >= 11 is 0. The van der Waals surface area contributed by atoms with Crippen LogP contribution in [0.1, 0.15) is 40.5 Å². The highest BCUT2D eigenvalue weighted by Gasteiger charge is 2.23. The molecule has 7 heteroatoms. The highest BCUT2D eigenvalue weighted by atomic mass is 16.5. The van der Waals surface area contributed by atoms with Crippen LogP contribution in [-0.2, 0) is 6.54 Å². The van der Waals surface area contributed by atoms with Gasteiger partial charge < -0.3 is 15.0 Å². The summed E-state index contributed by atoms with van der Waals surface area (Å²) in [5.41, 5.74) is 1.85. The van der Waals surface area contributed by atoms with Gasteiger partial charge in [0, 0.05) is 25.8 Å². The smallest absolute Gasteiger partial charge is 0.287 e. The van der Waals surface area contributed by atoms with Gasteiger partial charge in [0.2, 0.25) is 5.82 Å². The van der Waals surface area contributed by atoms with E-state index >= 15 is 0 Å². The molecule has 0 aliphatic heterocycles. The number of imidazole rings is 1. The predicted octanol–water partition coefficient (Wildman–Crippen LogP) is 2.75. The molecule has 7 nitrogen and oxygen atoms in total. The molecule has 3 rings (SSSR count). The van der Waals surface area contributed by atoms with E-state index in [2.05, 4.69) is 10.3 Å². The first-order chi connectivity index (χ1) is 13.6. The average molecular weight is 380 g/mol. The molecule has 0 saturated carbocycles. The summed E-state index contributed by atoms with van der Waals surface area (Å²) in [5, 5.41) is 2.87. The molecule has 3 aromatic rings. The van der Waals surface area contributed by atoms with E-state index in [0.29, 0.717) is 30.8 Å². The van der Waals surface area contributed by atoms with E-state index in [0.717, 1.165) is 11.3 Å². The van der Waals surface area contributed by atoms with Crippen LogP contribution in [0, 0.1) is 0 Å². The Morgan fingerprint density at radius 2 is 1.82 bits per heavy atom. The van der Waals surface area contributed by atoms with Crippen molar-refractivity contribution >= 4 is 17.3 Å². The van der Waals surface area contributed by atoms with Crippen LogP contribution < -0.4 is 10.1 Å². The van der Waals surface area contributed by atoms with Crippen molar-refractivity contribution in [2.75, 3.05) is 20.2 Å². The third-order valence-corrected chi connectivity index (χ3v) is 4.62. The van der Waals surface area contributed by atoms with Gasteiger partial charge in [-0.15, -0.1) is 0 Å². The maximum atomic E-state index is 12.8. The molecule has 146 valence electrons. The molecular formula is C21H24N4O3. The van der Waals surface area contributed by atoms with Gasteiger partial charge in [0.25, 0.3) is 11.8 Å². The van der Waals surface area contributed by atoms with Crippen LogP contribution >= 0.6 is 0 Å². The van der Waals surface area contributed by atoms with E-state index in [4.69, 9.17) is 4.74 Å². The number of benzene rings is 1. The van der Waals surface area contributed by atoms with E-state index < -0.39 is 0 Å². The van der Waals surface area contributed by atoms with Crippen LogP contribution in [0.25, 0.3) is 5.52 Å². The second-order valence-corrected chi connectivity index (χ2v) is 6.25. The van der Waals surface area contributed by atoms with E-state index in [1.165, 1.54) is 0 Å². The zero-order valence-electron chi connectivity index (χ0n) is 16.3. The Bertz CT molecular complexity index is 975. The first-order valence-electron chi connectivity index (χ1n) is 9.26. The highest BCUT2D eigenvalue weighted by molar-refractivity contribution is 6.02. The summed E-state index contributed by atoms with van der Waals surface area (Å²) in [6.45, 7) is 5.36. The van der Waals surface area contributed by atoms with Crippen molar-refractivity contribution < 1.29 is 14.3 Å². The largest absolute Gasteiger partial charge is 0.497 e. The topological polar surface area (TPSA) is 75.9 Å². The number of nitrogens with one attached hydrogen (secondary N) is 1. The number of pyridine rings is 1. The monoisotopic (exact) mass is 380 g/mol. The standard InChI is InChI=1S/C21H24N4O3/c1-4-24(5-2)21(27)18-17-8-6-7-13-25(17)19(23-18)20(26)22-14-15-9-11-16(28-3)12-10-15/h6-13H,4-5,14H2,1-3H3,(H,22,26). The molecule has 28 heavy (non-hydrogen) atoms. The maximum absolute atomic E-state index is 12.8. The number of hydrogen-bond donors (Lipinski definition) is 1. The number of rotatable bonds is 7. The number of hydrogen-bond acceptors (Lipinski definition) is 4. The fourth-order valence-electron chi connectivity index (χ4n) is 3.02. The van der Waals surface area contributed by atoms with Crippen molar-refractivity contribution in [2.45, 2.75) is 20.4 Å². The molecule has 0 unspecified atom stereocenters. The molecule has 0 aliphatic carbocycles. The minimum atomic E-state index is -0.337. The van der Waals surface area contributed by atoms with Crippen LogP contribution in [0.2, 0.25) is 0 Å². The minimum absolute atomic E-state index is 0.178. The summed E-state index contributed by atoms with van der Waals surface area (Å²) in [6.07, 6.45) is 1.74. The molecule has 1 aromatic carbocycles. The van der Waals surface area contributed by atoms with Crippen LogP contribution in [0.4, 0.5) is 0 Å². The Morgan fingerprint density at radius 1 is 1.11 bits per heavy atom. The predicted molar refractivity (Wildman–Crippen MR) is 107 cm³/mol. The maximum Gasteiger partial charge on any atom is 0.287 e. The summed E-state index contributed by atoms with van der Waals surface area (Å²) in [6, 6.07) is 12.9. The number of nitrogens with zero attached hydrogens (tertiary/aromatic N) is 3. The molecule has 2 amide bonds. The van der Waals surface area contributed by atoms with Gasteiger partial charge in [-0.25, -0.2) is 4.98 Å². The second-order valence-electron chi connectivity index (χ2n) is 6.25. The number of methoxy groups -OCH3 is 1. The number of amides is 2. The van der Waals surface area contributed by atoms with Crippen molar-refractivity contribution in [1.29, 1.82) is 0 Å². The Morgan fingerprint density at radius 3 is 2.46 bits per heavy atom. The first-order valence-corrected chi connectivity index (χ1v) is 9.26. The Labute approximate surface area is 163 Å². The van der Waals surface area contributed by atoms with Gasteiger partial charge in [0.1, 0.15) is 5.75 Å². The van der Waals surface area contributed by atoms with Gasteiger partial charge in [0.05, 0.1) is 12.6 Å². The average Bonchev–Trinajstić information content (AvgIpc) is 3.13. The molecule has 0 spiro atoms. The summed E-state index contributed by atoms with van der Waals surface area (Å²) < 4.78 is 6.79. The van der Waals surface area contributed by atoms with Crippen LogP contribution in [0.15, 0.2) is 48.7 Å². The van der Waals surface area contributed by atoms with E-state index in [1.54, 1.807) is 34.7 Å². The van der Waals surface area contributed by atoms with Crippen molar-refractivity contribution in [1.82, 2.24) is 19.6 Å². The van der Waals surface area contributed by atoms with Crippen molar-refractivity contribution in [3.05, 3.63) is 65.7 Å². The normalized spacial score (nSPS) is 10.7. The lowest BCUT2D eigenvalue weighted by Crippen LogP contribution is -2.31. The second kappa shape index (κ2) is 8.56. The molecule has 2 heterocycles. The van der Waals surface area contributed by atoms with Crippen molar-refractivity contribution in [3.8, 4) is 5.75 Å². The summed E-state index contributed by atoms with van der Waals surface area (Å²) in [7, 11) is 1.61. The summed E-state index contributed by atoms with van der Waals surface area (Å²) in [4.78, 5) is 31.6. The quantitative estimate of drug-likeness (QED) is 0.684. The molecule has 0 atom stereocenters. The van der Waals surface area contributed by atoms with Gasteiger partial charge in [-0.05, 0) is 43.7 Å². The molecule has 2 aromatic heterocycles. The molecular weight excluding hydrogens is 356 g/mol. The Balaban J connectivity index is 1.85. The van der Waals surface area contributed by atoms with Crippen molar-refractivity contribution in [2.24, 2.45) is 0 Å². The number of fused-ring (bicyclic) bond motifs is 1. The van der Waals surface area contributed by atoms with Gasteiger partial charge in [-0.1, -0.05) is 18.2 Å². The van der Waals surface area contributed by atoms with E-state index in [9.17, 15) is 9.59 Å².